The smallest absolute Gasteiger partial charge is 0.196 e. The molecule has 3 saturated heterocycles. The molecule has 7 fully saturated rings. The number of hydrogen-bond donors (Lipinski definition) is 7. The Bertz CT molecular complexity index is 964. The van der Waals surface area contributed by atoms with Gasteiger partial charge in [0.25, 0.3) is 0 Å². The summed E-state index contributed by atoms with van der Waals surface area (Å²) in [5, 5.41) is 81.4. The Morgan fingerprint density at radius 2 is 1.67 bits per heavy atom. The van der Waals surface area contributed by atoms with Crippen molar-refractivity contribution in [3.05, 3.63) is 0 Å². The highest BCUT2D eigenvalue weighted by Crippen LogP contribution is 2.76. The van der Waals surface area contributed by atoms with Gasteiger partial charge < -0.3 is 40.5 Å². The first-order valence-corrected chi connectivity index (χ1v) is 14.1. The van der Waals surface area contributed by atoms with Gasteiger partial charge in [0.15, 0.2) is 5.79 Å². The van der Waals surface area contributed by atoms with Gasteiger partial charge in [-0.15, -0.1) is 0 Å². The molecule has 16 atom stereocenters. The summed E-state index contributed by atoms with van der Waals surface area (Å²) >= 11 is 0. The van der Waals surface area contributed by atoms with Gasteiger partial charge in [-0.3, -0.25) is 4.90 Å². The summed E-state index contributed by atoms with van der Waals surface area (Å²) in [4.78, 5) is 2.30. The number of hydrogen-bond acceptors (Lipinski definition) is 9. The van der Waals surface area contributed by atoms with Crippen molar-refractivity contribution in [3.8, 4) is 0 Å². The van der Waals surface area contributed by atoms with Crippen LogP contribution in [0.1, 0.15) is 59.3 Å². The monoisotopic (exact) mass is 509 g/mol. The van der Waals surface area contributed by atoms with E-state index in [9.17, 15) is 35.7 Å². The summed E-state index contributed by atoms with van der Waals surface area (Å²) in [5.41, 5.74) is -4.88. The van der Waals surface area contributed by atoms with E-state index in [4.69, 9.17) is 4.74 Å². The summed E-state index contributed by atoms with van der Waals surface area (Å²) in [6.45, 7) is 7.40. The lowest BCUT2D eigenvalue weighted by Crippen LogP contribution is -2.76. The van der Waals surface area contributed by atoms with Crippen molar-refractivity contribution in [2.24, 2.45) is 40.9 Å². The van der Waals surface area contributed by atoms with Crippen LogP contribution in [-0.2, 0) is 4.74 Å². The highest BCUT2D eigenvalue weighted by Gasteiger charge is 2.86. The minimum absolute atomic E-state index is 0.130. The van der Waals surface area contributed by atoms with Gasteiger partial charge in [0.2, 0.25) is 0 Å². The van der Waals surface area contributed by atoms with Crippen LogP contribution in [0.4, 0.5) is 0 Å². The van der Waals surface area contributed by atoms with Gasteiger partial charge >= 0.3 is 0 Å². The quantitative estimate of drug-likeness (QED) is 0.222. The fourth-order valence-corrected chi connectivity index (χ4v) is 11.4. The van der Waals surface area contributed by atoms with E-state index in [1.165, 1.54) is 0 Å². The van der Waals surface area contributed by atoms with E-state index in [-0.39, 0.29) is 18.4 Å². The normalized spacial score (nSPS) is 68.0. The van der Waals surface area contributed by atoms with Gasteiger partial charge in [0.1, 0.15) is 17.8 Å². The van der Waals surface area contributed by atoms with Gasteiger partial charge in [-0.25, -0.2) is 0 Å². The molecule has 7 rings (SSSR count). The first-order chi connectivity index (χ1) is 16.7. The average molecular weight is 510 g/mol. The third kappa shape index (κ3) is 2.46. The molecule has 4 aliphatic carbocycles. The van der Waals surface area contributed by atoms with E-state index in [1.54, 1.807) is 6.92 Å². The van der Waals surface area contributed by atoms with Crippen molar-refractivity contribution >= 4 is 0 Å². The Labute approximate surface area is 212 Å². The third-order valence-corrected chi connectivity index (χ3v) is 12.8. The SMILES string of the molecule is C[C@H]1CCC2N(C1)C[C@@H]1C([C@@H](O)[C@H](O)[C@]3(O)C1C[C@@]14O[C@@]5(O)[C@@H](C[C@@H](O)[C@@H]31)[C@]4(C)CC[C@@H]5O)[C@]2(C)O. The maximum Gasteiger partial charge on any atom is 0.196 e. The molecule has 204 valence electrons. The van der Waals surface area contributed by atoms with Crippen molar-refractivity contribution in [3.63, 3.8) is 0 Å². The summed E-state index contributed by atoms with van der Waals surface area (Å²) in [5.74, 6) is -4.29. The van der Waals surface area contributed by atoms with Crippen LogP contribution in [-0.4, -0.2) is 107 Å². The lowest BCUT2D eigenvalue weighted by atomic mass is 9.49. The minimum atomic E-state index is -1.85. The molecule has 0 aromatic heterocycles. The molecular weight excluding hydrogens is 466 g/mol. The van der Waals surface area contributed by atoms with Crippen LogP contribution < -0.4 is 0 Å². The van der Waals surface area contributed by atoms with Gasteiger partial charge in [-0.1, -0.05) is 13.8 Å². The Morgan fingerprint density at radius 3 is 2.39 bits per heavy atom. The number of rotatable bonds is 0. The Balaban J connectivity index is 1.37. The molecular formula is C27H43NO8. The zero-order valence-electron chi connectivity index (χ0n) is 21.5. The third-order valence-electron chi connectivity index (χ3n) is 12.8. The lowest BCUT2D eigenvalue weighted by molar-refractivity contribution is -0.295. The number of nitrogens with zero attached hydrogens (tertiary/aromatic N) is 1. The van der Waals surface area contributed by atoms with E-state index >= 15 is 0 Å². The standard InChI is InChI=1S/C27H43NO8/c1-12-4-5-17-24(3,33)19-13(11-28(17)10-12)14-9-25-21(26(14,34)22(32)20(19)31)15(29)8-16-23(25,2)7-6-18(30)27(16,35)36-25/h12-22,29-35H,4-11H2,1-3H3/t12-,13-,14?,15+,16-,17?,18-,19?,20+,21+,22-,23-,24+,25+,26-,27-/m0/s1. The molecule has 9 heteroatoms. The predicted molar refractivity (Wildman–Crippen MR) is 126 cm³/mol. The maximum atomic E-state index is 12.5. The molecule has 1 spiro atoms. The molecule has 4 bridgehead atoms. The van der Waals surface area contributed by atoms with Crippen molar-refractivity contribution in [1.82, 2.24) is 4.90 Å². The van der Waals surface area contributed by atoms with Crippen molar-refractivity contribution < 1.29 is 40.5 Å². The topological polar surface area (TPSA) is 154 Å². The van der Waals surface area contributed by atoms with Gasteiger partial charge in [0, 0.05) is 42.3 Å². The van der Waals surface area contributed by atoms with E-state index in [1.807, 2.05) is 6.92 Å². The maximum absolute atomic E-state index is 12.5. The molecule has 3 heterocycles. The highest BCUT2D eigenvalue weighted by atomic mass is 16.7. The fraction of sp³-hybridized carbons (Fsp3) is 1.00. The number of aliphatic hydroxyl groups excluding tert-OH is 4. The van der Waals surface area contributed by atoms with Crippen LogP contribution in [0.15, 0.2) is 0 Å². The first-order valence-electron chi connectivity index (χ1n) is 14.1. The summed E-state index contributed by atoms with van der Waals surface area (Å²) in [6, 6.07) is -0.130. The zero-order chi connectivity index (χ0) is 25.8. The summed E-state index contributed by atoms with van der Waals surface area (Å²) < 4.78 is 6.51. The molecule has 0 amide bonds. The van der Waals surface area contributed by atoms with Crippen LogP contribution in [0.3, 0.4) is 0 Å². The molecule has 3 unspecified atom stereocenters. The first kappa shape index (κ1) is 24.7. The largest absolute Gasteiger partial charge is 0.393 e. The van der Waals surface area contributed by atoms with Crippen molar-refractivity contribution in [2.45, 2.75) is 112 Å². The molecule has 7 N–H and O–H groups in total. The van der Waals surface area contributed by atoms with Crippen LogP contribution >= 0.6 is 0 Å². The number of ether oxygens (including phenoxy) is 1. The summed E-state index contributed by atoms with van der Waals surface area (Å²) in [7, 11) is 0. The number of aliphatic hydroxyl groups is 7. The minimum Gasteiger partial charge on any atom is -0.393 e. The summed E-state index contributed by atoms with van der Waals surface area (Å²) in [6.07, 6.45) is -1.92. The fourth-order valence-electron chi connectivity index (χ4n) is 11.4. The van der Waals surface area contributed by atoms with Crippen molar-refractivity contribution in [2.75, 3.05) is 13.1 Å². The molecule has 7 aliphatic rings. The van der Waals surface area contributed by atoms with Crippen LogP contribution in [0, 0.1) is 40.9 Å². The molecule has 3 aliphatic heterocycles. The van der Waals surface area contributed by atoms with Crippen LogP contribution in [0.5, 0.6) is 0 Å². The number of fused-ring (bicyclic) bond motifs is 5. The van der Waals surface area contributed by atoms with Gasteiger partial charge in [0.05, 0.1) is 23.4 Å². The molecule has 4 saturated carbocycles. The second-order valence-electron chi connectivity index (χ2n) is 14.2. The van der Waals surface area contributed by atoms with Gasteiger partial charge in [-0.2, -0.15) is 0 Å². The Morgan fingerprint density at radius 1 is 0.944 bits per heavy atom. The highest BCUT2D eigenvalue weighted by molar-refractivity contribution is 5.33. The molecule has 9 nitrogen and oxygen atoms in total. The second-order valence-corrected chi connectivity index (χ2v) is 14.2. The molecule has 0 aromatic rings. The Kier molecular flexibility index (Phi) is 4.82. The van der Waals surface area contributed by atoms with E-state index in [0.29, 0.717) is 31.7 Å². The van der Waals surface area contributed by atoms with Crippen molar-refractivity contribution in [1.29, 1.82) is 0 Å². The second kappa shape index (κ2) is 7.04. The molecule has 36 heavy (non-hydrogen) atoms. The number of piperidine rings is 2. The van der Waals surface area contributed by atoms with Crippen LogP contribution in [0.25, 0.3) is 0 Å². The molecule has 0 aromatic carbocycles. The van der Waals surface area contributed by atoms with Gasteiger partial charge in [-0.05, 0) is 63.2 Å². The van der Waals surface area contributed by atoms with E-state index in [2.05, 4.69) is 11.8 Å². The average Bonchev–Trinajstić information content (AvgIpc) is 3.08. The van der Waals surface area contributed by atoms with E-state index in [0.717, 1.165) is 19.4 Å². The zero-order valence-corrected chi connectivity index (χ0v) is 21.5. The Hall–Kier alpha value is -0.360. The molecule has 0 radical (unpaired) electrons. The van der Waals surface area contributed by atoms with Crippen LogP contribution in [0.2, 0.25) is 0 Å². The lowest BCUT2D eigenvalue weighted by Gasteiger charge is -2.63. The predicted octanol–water partition coefficient (Wildman–Crippen LogP) is -0.814. The van der Waals surface area contributed by atoms with E-state index < -0.39 is 76.1 Å².